The normalized spacial score (nSPS) is 11.5. The number of nitrogens with zero attached hydrogens (tertiary/aromatic N) is 1. The van der Waals surface area contributed by atoms with Crippen molar-refractivity contribution in [3.05, 3.63) is 64.7 Å². The van der Waals surface area contributed by atoms with E-state index in [9.17, 15) is 10.1 Å². The fourth-order valence-electron chi connectivity index (χ4n) is 2.85. The maximum absolute atomic E-state index is 12.4. The largest absolute Gasteiger partial charge is 0.493 e. The molecule has 2 aromatic rings. The zero-order valence-corrected chi connectivity index (χ0v) is 17.7. The van der Waals surface area contributed by atoms with Gasteiger partial charge in [-0.2, -0.15) is 5.26 Å². The van der Waals surface area contributed by atoms with Crippen LogP contribution in [0.2, 0.25) is 0 Å². The molecule has 0 saturated heterocycles. The molecule has 0 heterocycles. The first-order valence-electron chi connectivity index (χ1n) is 9.50. The molecule has 0 spiro atoms. The lowest BCUT2D eigenvalue weighted by Crippen LogP contribution is -2.26. The molecule has 0 aliphatic heterocycles. The molecule has 5 nitrogen and oxygen atoms in total. The topological polar surface area (TPSA) is 71.3 Å². The fraction of sp³-hybridized carbons (Fsp3) is 0.333. The molecule has 1 N–H and O–H groups in total. The summed E-state index contributed by atoms with van der Waals surface area (Å²) < 4.78 is 10.5. The van der Waals surface area contributed by atoms with Crippen LogP contribution in [0.15, 0.2) is 48.0 Å². The molecular formula is C24H28N2O3. The van der Waals surface area contributed by atoms with Crippen molar-refractivity contribution in [2.45, 2.75) is 32.6 Å². The summed E-state index contributed by atoms with van der Waals surface area (Å²) in [6.45, 7) is 6.84. The minimum absolute atomic E-state index is 0.0574. The molecule has 0 fully saturated rings. The van der Waals surface area contributed by atoms with Crippen LogP contribution in [0.3, 0.4) is 0 Å². The van der Waals surface area contributed by atoms with E-state index in [2.05, 4.69) is 26.1 Å². The zero-order chi connectivity index (χ0) is 21.4. The Bertz CT molecular complexity index is 917. The Morgan fingerprint density at radius 2 is 1.72 bits per heavy atom. The molecule has 0 aliphatic carbocycles. The highest BCUT2D eigenvalue weighted by Crippen LogP contribution is 2.27. The Morgan fingerprint density at radius 1 is 1.07 bits per heavy atom. The minimum atomic E-state index is -0.382. The molecule has 0 saturated carbocycles. The number of hydrogen-bond donors (Lipinski definition) is 1. The first kappa shape index (κ1) is 22.0. The molecule has 2 aromatic carbocycles. The standard InChI is InChI=1S/C24H28N2O3/c1-24(2,3)20-9-6-17(7-10-20)14-19(16-25)23(27)26-13-12-18-8-11-21(28-4)22(15-18)29-5/h6-11,14-15H,12-13H2,1-5H3,(H,26,27)/b19-14+. The van der Waals surface area contributed by atoms with E-state index >= 15 is 0 Å². The predicted octanol–water partition coefficient (Wildman–Crippen LogP) is 4.27. The van der Waals surface area contributed by atoms with Crippen LogP contribution in [0.25, 0.3) is 6.08 Å². The summed E-state index contributed by atoms with van der Waals surface area (Å²) in [6.07, 6.45) is 2.23. The maximum atomic E-state index is 12.4. The second-order valence-corrected chi connectivity index (χ2v) is 7.74. The highest BCUT2D eigenvalue weighted by molar-refractivity contribution is 6.01. The number of nitrogens with one attached hydrogen (secondary N) is 1. The molecule has 152 valence electrons. The van der Waals surface area contributed by atoms with Gasteiger partial charge in [-0.15, -0.1) is 0 Å². The van der Waals surface area contributed by atoms with E-state index in [0.29, 0.717) is 24.5 Å². The number of amides is 1. The van der Waals surface area contributed by atoms with E-state index in [0.717, 1.165) is 11.1 Å². The third-order valence-electron chi connectivity index (χ3n) is 4.60. The number of carbonyl (C=O) groups excluding carboxylic acids is 1. The summed E-state index contributed by atoms with van der Waals surface area (Å²) in [6, 6.07) is 15.5. The highest BCUT2D eigenvalue weighted by Gasteiger charge is 2.13. The van der Waals surface area contributed by atoms with Gasteiger partial charge in [-0.05, 0) is 46.7 Å². The van der Waals surface area contributed by atoms with Crippen molar-refractivity contribution in [3.8, 4) is 17.6 Å². The lowest BCUT2D eigenvalue weighted by molar-refractivity contribution is -0.117. The average Bonchev–Trinajstić information content (AvgIpc) is 2.71. The second-order valence-electron chi connectivity index (χ2n) is 7.74. The van der Waals surface area contributed by atoms with E-state index in [1.165, 1.54) is 5.56 Å². The molecule has 0 unspecified atom stereocenters. The molecule has 1 amide bonds. The van der Waals surface area contributed by atoms with Crippen molar-refractivity contribution in [1.29, 1.82) is 5.26 Å². The molecular weight excluding hydrogens is 364 g/mol. The van der Waals surface area contributed by atoms with Gasteiger partial charge in [0.1, 0.15) is 11.6 Å². The van der Waals surface area contributed by atoms with Crippen molar-refractivity contribution in [2.75, 3.05) is 20.8 Å². The van der Waals surface area contributed by atoms with Gasteiger partial charge in [-0.25, -0.2) is 0 Å². The quantitative estimate of drug-likeness (QED) is 0.564. The van der Waals surface area contributed by atoms with Gasteiger partial charge >= 0.3 is 0 Å². The fourth-order valence-corrected chi connectivity index (χ4v) is 2.85. The summed E-state index contributed by atoms with van der Waals surface area (Å²) in [7, 11) is 3.17. The predicted molar refractivity (Wildman–Crippen MR) is 115 cm³/mol. The van der Waals surface area contributed by atoms with Gasteiger partial charge in [-0.3, -0.25) is 4.79 Å². The lowest BCUT2D eigenvalue weighted by atomic mass is 9.86. The van der Waals surface area contributed by atoms with E-state index in [4.69, 9.17) is 9.47 Å². The van der Waals surface area contributed by atoms with Crippen LogP contribution in [0.5, 0.6) is 11.5 Å². The summed E-state index contributed by atoms with van der Waals surface area (Å²) in [5.74, 6) is 0.924. The van der Waals surface area contributed by atoms with Crippen molar-refractivity contribution in [2.24, 2.45) is 0 Å². The van der Waals surface area contributed by atoms with E-state index in [1.807, 2.05) is 48.5 Å². The number of nitriles is 1. The Hall–Kier alpha value is -3.26. The number of hydrogen-bond acceptors (Lipinski definition) is 4. The van der Waals surface area contributed by atoms with Gasteiger partial charge in [0.2, 0.25) is 0 Å². The second kappa shape index (κ2) is 9.79. The number of rotatable bonds is 7. The first-order chi connectivity index (χ1) is 13.8. The average molecular weight is 392 g/mol. The van der Waals surface area contributed by atoms with E-state index < -0.39 is 0 Å². The van der Waals surface area contributed by atoms with E-state index in [-0.39, 0.29) is 16.9 Å². The van der Waals surface area contributed by atoms with Crippen LogP contribution in [0.1, 0.15) is 37.5 Å². The number of carbonyl (C=O) groups is 1. The molecule has 0 bridgehead atoms. The third kappa shape index (κ3) is 6.11. The lowest BCUT2D eigenvalue weighted by Gasteiger charge is -2.18. The Morgan fingerprint density at radius 3 is 2.28 bits per heavy atom. The summed E-state index contributed by atoms with van der Waals surface area (Å²) in [4.78, 5) is 12.4. The van der Waals surface area contributed by atoms with Crippen LogP contribution in [0.4, 0.5) is 0 Å². The van der Waals surface area contributed by atoms with E-state index in [1.54, 1.807) is 20.3 Å². The van der Waals surface area contributed by atoms with Gasteiger partial charge in [0, 0.05) is 6.54 Å². The monoisotopic (exact) mass is 392 g/mol. The molecule has 2 rings (SSSR count). The summed E-state index contributed by atoms with van der Waals surface area (Å²) >= 11 is 0. The van der Waals surface area contributed by atoms with Gasteiger partial charge in [0.25, 0.3) is 5.91 Å². The van der Waals surface area contributed by atoms with Gasteiger partial charge in [-0.1, -0.05) is 51.1 Å². The van der Waals surface area contributed by atoms with Crippen molar-refractivity contribution in [1.82, 2.24) is 5.32 Å². The van der Waals surface area contributed by atoms with Crippen LogP contribution in [-0.4, -0.2) is 26.7 Å². The van der Waals surface area contributed by atoms with Crippen LogP contribution < -0.4 is 14.8 Å². The molecule has 0 aliphatic rings. The van der Waals surface area contributed by atoms with Crippen LogP contribution in [0, 0.1) is 11.3 Å². The number of benzene rings is 2. The molecule has 0 radical (unpaired) electrons. The molecule has 29 heavy (non-hydrogen) atoms. The highest BCUT2D eigenvalue weighted by atomic mass is 16.5. The Kier molecular flexibility index (Phi) is 7.44. The van der Waals surface area contributed by atoms with Crippen molar-refractivity contribution >= 4 is 12.0 Å². The Balaban J connectivity index is 2.00. The van der Waals surface area contributed by atoms with Gasteiger partial charge in [0.15, 0.2) is 11.5 Å². The molecule has 0 atom stereocenters. The van der Waals surface area contributed by atoms with Gasteiger partial charge in [0.05, 0.1) is 14.2 Å². The van der Waals surface area contributed by atoms with Crippen molar-refractivity contribution in [3.63, 3.8) is 0 Å². The third-order valence-corrected chi connectivity index (χ3v) is 4.60. The SMILES string of the molecule is COc1ccc(CCNC(=O)/C(C#N)=C/c2ccc(C(C)(C)C)cc2)cc1OC. The Labute approximate surface area is 173 Å². The smallest absolute Gasteiger partial charge is 0.261 e. The minimum Gasteiger partial charge on any atom is -0.493 e. The maximum Gasteiger partial charge on any atom is 0.261 e. The number of ether oxygens (including phenoxy) is 2. The van der Waals surface area contributed by atoms with Crippen molar-refractivity contribution < 1.29 is 14.3 Å². The number of methoxy groups -OCH3 is 2. The first-order valence-corrected chi connectivity index (χ1v) is 9.50. The van der Waals surface area contributed by atoms with Crippen LogP contribution in [-0.2, 0) is 16.6 Å². The van der Waals surface area contributed by atoms with Crippen LogP contribution >= 0.6 is 0 Å². The summed E-state index contributed by atoms with van der Waals surface area (Å²) in [5.41, 5.74) is 3.17. The summed E-state index contributed by atoms with van der Waals surface area (Å²) in [5, 5.41) is 12.2. The zero-order valence-electron chi connectivity index (χ0n) is 17.7. The molecule has 0 aromatic heterocycles. The van der Waals surface area contributed by atoms with Gasteiger partial charge < -0.3 is 14.8 Å². The molecule has 5 heteroatoms.